The molecule has 0 saturated heterocycles. The van der Waals surface area contributed by atoms with Crippen LogP contribution in [0, 0.1) is 6.92 Å². The Kier molecular flexibility index (Phi) is 3.28. The van der Waals surface area contributed by atoms with Crippen LogP contribution in [0.4, 0.5) is 0 Å². The summed E-state index contributed by atoms with van der Waals surface area (Å²) in [5.41, 5.74) is 2.71. The third-order valence-electron chi connectivity index (χ3n) is 2.55. The fraction of sp³-hybridized carbons (Fsp3) is 0.214. The van der Waals surface area contributed by atoms with Crippen molar-refractivity contribution in [1.82, 2.24) is 4.57 Å². The highest BCUT2D eigenvalue weighted by Gasteiger charge is 2.12. The zero-order valence-electron chi connectivity index (χ0n) is 10.0. The van der Waals surface area contributed by atoms with E-state index in [4.69, 9.17) is 4.74 Å². The van der Waals surface area contributed by atoms with E-state index in [-0.39, 0.29) is 5.97 Å². The molecule has 0 fully saturated rings. The zero-order chi connectivity index (χ0) is 12.3. The van der Waals surface area contributed by atoms with E-state index in [0.717, 1.165) is 5.69 Å². The first-order valence-electron chi connectivity index (χ1n) is 5.64. The second-order valence-corrected chi connectivity index (χ2v) is 3.82. The predicted molar refractivity (Wildman–Crippen MR) is 66.5 cm³/mol. The van der Waals surface area contributed by atoms with E-state index in [2.05, 4.69) is 0 Å². The molecule has 2 rings (SSSR count). The summed E-state index contributed by atoms with van der Waals surface area (Å²) in [5.74, 6) is -0.293. The molecule has 0 bridgehead atoms. The summed E-state index contributed by atoms with van der Waals surface area (Å²) in [6, 6.07) is 11.6. The minimum Gasteiger partial charge on any atom is -0.461 e. The summed E-state index contributed by atoms with van der Waals surface area (Å²) in [7, 11) is 0. The maximum absolute atomic E-state index is 11.7. The molecule has 0 atom stereocenters. The Morgan fingerprint density at radius 3 is 2.59 bits per heavy atom. The van der Waals surface area contributed by atoms with E-state index in [1.54, 1.807) is 13.0 Å². The Hall–Kier alpha value is -2.03. The van der Waals surface area contributed by atoms with Gasteiger partial charge in [-0.25, -0.2) is 4.79 Å². The van der Waals surface area contributed by atoms with Gasteiger partial charge in [0, 0.05) is 11.9 Å². The molecule has 1 aromatic heterocycles. The molecule has 0 saturated carbocycles. The number of aryl methyl sites for hydroxylation is 1. The van der Waals surface area contributed by atoms with Crippen LogP contribution >= 0.6 is 0 Å². The van der Waals surface area contributed by atoms with Gasteiger partial charge in [-0.2, -0.15) is 0 Å². The van der Waals surface area contributed by atoms with Crippen LogP contribution in [0.3, 0.4) is 0 Å². The number of ether oxygens (including phenoxy) is 1. The highest BCUT2D eigenvalue weighted by molar-refractivity contribution is 5.88. The van der Waals surface area contributed by atoms with Crippen LogP contribution < -0.4 is 0 Å². The van der Waals surface area contributed by atoms with Gasteiger partial charge in [-0.1, -0.05) is 17.7 Å². The van der Waals surface area contributed by atoms with E-state index in [1.165, 1.54) is 5.56 Å². The fourth-order valence-corrected chi connectivity index (χ4v) is 1.68. The van der Waals surface area contributed by atoms with Crippen molar-refractivity contribution in [3.63, 3.8) is 0 Å². The number of carbonyl (C=O) groups excluding carboxylic acids is 1. The van der Waals surface area contributed by atoms with Gasteiger partial charge in [-0.05, 0) is 38.1 Å². The van der Waals surface area contributed by atoms with E-state index < -0.39 is 0 Å². The molecule has 0 aliphatic heterocycles. The van der Waals surface area contributed by atoms with Gasteiger partial charge in [0.05, 0.1) is 6.61 Å². The quantitative estimate of drug-likeness (QED) is 0.758. The number of rotatable bonds is 3. The Morgan fingerprint density at radius 2 is 1.94 bits per heavy atom. The van der Waals surface area contributed by atoms with Crippen molar-refractivity contribution in [2.45, 2.75) is 13.8 Å². The molecule has 17 heavy (non-hydrogen) atoms. The smallest absolute Gasteiger partial charge is 0.355 e. The van der Waals surface area contributed by atoms with Crippen molar-refractivity contribution >= 4 is 5.97 Å². The zero-order valence-corrected chi connectivity index (χ0v) is 10.0. The summed E-state index contributed by atoms with van der Waals surface area (Å²) in [6.07, 6.45) is 1.86. The van der Waals surface area contributed by atoms with Gasteiger partial charge < -0.3 is 9.30 Å². The first kappa shape index (κ1) is 11.5. The van der Waals surface area contributed by atoms with Crippen LogP contribution in [0.5, 0.6) is 0 Å². The molecule has 3 heteroatoms. The summed E-state index contributed by atoms with van der Waals surface area (Å²) in [6.45, 7) is 4.22. The number of hydrogen-bond acceptors (Lipinski definition) is 2. The summed E-state index contributed by atoms with van der Waals surface area (Å²) < 4.78 is 6.84. The minimum atomic E-state index is -0.293. The standard InChI is InChI=1S/C14H15NO2/c1-3-17-14(16)13-5-4-10-15(13)12-8-6-11(2)7-9-12/h4-10H,3H2,1-2H3. The Morgan fingerprint density at radius 1 is 1.24 bits per heavy atom. The highest BCUT2D eigenvalue weighted by Crippen LogP contribution is 2.14. The van der Waals surface area contributed by atoms with E-state index in [0.29, 0.717) is 12.3 Å². The van der Waals surface area contributed by atoms with Crippen molar-refractivity contribution in [3.8, 4) is 5.69 Å². The largest absolute Gasteiger partial charge is 0.461 e. The number of carbonyl (C=O) groups is 1. The normalized spacial score (nSPS) is 10.2. The molecule has 0 N–H and O–H groups in total. The van der Waals surface area contributed by atoms with Gasteiger partial charge in [-0.3, -0.25) is 0 Å². The SMILES string of the molecule is CCOC(=O)c1cccn1-c1ccc(C)cc1. The van der Waals surface area contributed by atoms with Gasteiger partial charge in [0.25, 0.3) is 0 Å². The van der Waals surface area contributed by atoms with Gasteiger partial charge in [0.15, 0.2) is 0 Å². The van der Waals surface area contributed by atoms with Gasteiger partial charge in [-0.15, -0.1) is 0 Å². The van der Waals surface area contributed by atoms with Crippen LogP contribution in [0.15, 0.2) is 42.6 Å². The molecule has 0 spiro atoms. The van der Waals surface area contributed by atoms with Crippen LogP contribution in [0.25, 0.3) is 5.69 Å². The van der Waals surface area contributed by atoms with Crippen LogP contribution in [-0.4, -0.2) is 17.1 Å². The first-order chi connectivity index (χ1) is 8.22. The second kappa shape index (κ2) is 4.87. The average Bonchev–Trinajstić information content (AvgIpc) is 2.79. The predicted octanol–water partition coefficient (Wildman–Crippen LogP) is 2.96. The monoisotopic (exact) mass is 229 g/mol. The minimum absolute atomic E-state index is 0.293. The molecule has 2 aromatic rings. The van der Waals surface area contributed by atoms with Gasteiger partial charge in [0.2, 0.25) is 0 Å². The molecule has 88 valence electrons. The number of benzene rings is 1. The number of esters is 1. The maximum atomic E-state index is 11.7. The van der Waals surface area contributed by atoms with E-state index in [1.807, 2.05) is 48.0 Å². The Bertz CT molecular complexity index is 511. The third-order valence-corrected chi connectivity index (χ3v) is 2.55. The molecular formula is C14H15NO2. The summed E-state index contributed by atoms with van der Waals surface area (Å²) >= 11 is 0. The van der Waals surface area contributed by atoms with Crippen molar-refractivity contribution in [2.24, 2.45) is 0 Å². The Balaban J connectivity index is 2.36. The molecular weight excluding hydrogens is 214 g/mol. The second-order valence-electron chi connectivity index (χ2n) is 3.82. The van der Waals surface area contributed by atoms with Crippen LogP contribution in [0.1, 0.15) is 23.0 Å². The number of nitrogens with zero attached hydrogens (tertiary/aromatic N) is 1. The summed E-state index contributed by atoms with van der Waals surface area (Å²) in [4.78, 5) is 11.7. The van der Waals surface area contributed by atoms with Gasteiger partial charge in [0.1, 0.15) is 5.69 Å². The van der Waals surface area contributed by atoms with Crippen LogP contribution in [0.2, 0.25) is 0 Å². The van der Waals surface area contributed by atoms with Gasteiger partial charge >= 0.3 is 5.97 Å². The number of hydrogen-bond donors (Lipinski definition) is 0. The maximum Gasteiger partial charge on any atom is 0.355 e. The molecule has 0 aliphatic rings. The van der Waals surface area contributed by atoms with E-state index in [9.17, 15) is 4.79 Å². The van der Waals surface area contributed by atoms with Crippen molar-refractivity contribution < 1.29 is 9.53 Å². The van der Waals surface area contributed by atoms with E-state index >= 15 is 0 Å². The lowest BCUT2D eigenvalue weighted by Crippen LogP contribution is -2.10. The molecule has 0 radical (unpaired) electrons. The molecule has 0 amide bonds. The lowest BCUT2D eigenvalue weighted by Gasteiger charge is -2.08. The van der Waals surface area contributed by atoms with Crippen molar-refractivity contribution in [2.75, 3.05) is 6.61 Å². The Labute approximate surface area is 101 Å². The lowest BCUT2D eigenvalue weighted by molar-refractivity contribution is 0.0517. The molecule has 0 aliphatic carbocycles. The highest BCUT2D eigenvalue weighted by atomic mass is 16.5. The average molecular weight is 229 g/mol. The fourth-order valence-electron chi connectivity index (χ4n) is 1.68. The van der Waals surface area contributed by atoms with Crippen LogP contribution in [-0.2, 0) is 4.74 Å². The molecule has 1 aromatic carbocycles. The molecule has 3 nitrogen and oxygen atoms in total. The molecule has 0 unspecified atom stereocenters. The van der Waals surface area contributed by atoms with Crippen molar-refractivity contribution in [1.29, 1.82) is 0 Å². The topological polar surface area (TPSA) is 31.2 Å². The third kappa shape index (κ3) is 2.38. The van der Waals surface area contributed by atoms with Crippen molar-refractivity contribution in [3.05, 3.63) is 53.9 Å². The number of aromatic nitrogens is 1. The summed E-state index contributed by atoms with van der Waals surface area (Å²) in [5, 5.41) is 0. The first-order valence-corrected chi connectivity index (χ1v) is 5.64. The molecule has 1 heterocycles. The lowest BCUT2D eigenvalue weighted by atomic mass is 10.2.